The third kappa shape index (κ3) is 5.03. The van der Waals surface area contributed by atoms with Gasteiger partial charge in [0, 0.05) is 18.5 Å². The maximum Gasteiger partial charge on any atom is 0.406 e. The Morgan fingerprint density at radius 2 is 2.04 bits per heavy atom. The van der Waals surface area contributed by atoms with Crippen LogP contribution in [0.2, 0.25) is 0 Å². The summed E-state index contributed by atoms with van der Waals surface area (Å²) in [6.45, 7) is 0.474. The van der Waals surface area contributed by atoms with Gasteiger partial charge in [-0.25, -0.2) is 9.97 Å². The van der Waals surface area contributed by atoms with Gasteiger partial charge in [-0.05, 0) is 37.8 Å². The summed E-state index contributed by atoms with van der Waals surface area (Å²) in [7, 11) is 1.73. The minimum atomic E-state index is -4.41. The largest absolute Gasteiger partial charge is 0.406 e. The summed E-state index contributed by atoms with van der Waals surface area (Å²) in [6, 6.07) is 7.01. The number of anilines is 1. The van der Waals surface area contributed by atoms with Crippen molar-refractivity contribution in [2.45, 2.75) is 37.1 Å². The molecule has 1 aliphatic carbocycles. The molecule has 0 aliphatic heterocycles. The van der Waals surface area contributed by atoms with Crippen LogP contribution in [0.25, 0.3) is 10.9 Å². The normalized spacial score (nSPS) is 15.6. The van der Waals surface area contributed by atoms with E-state index in [1.807, 2.05) is 24.3 Å². The number of thioether (sulfide) groups is 1. The topological polar surface area (TPSA) is 58.1 Å². The molecule has 5 nitrogen and oxygen atoms in total. The Labute approximate surface area is 159 Å². The molecule has 146 valence electrons. The average Bonchev–Trinajstić information content (AvgIpc) is 3.47. The Hall–Kier alpha value is -2.03. The van der Waals surface area contributed by atoms with E-state index in [2.05, 4.69) is 15.3 Å². The molecule has 1 atom stereocenters. The van der Waals surface area contributed by atoms with Crippen LogP contribution in [0.4, 0.5) is 19.0 Å². The fourth-order valence-corrected chi connectivity index (χ4v) is 3.74. The fraction of sp³-hybridized carbons (Fsp3) is 0.500. The van der Waals surface area contributed by atoms with Gasteiger partial charge in [-0.15, -0.1) is 0 Å². The maximum absolute atomic E-state index is 12.9. The van der Waals surface area contributed by atoms with Crippen LogP contribution in [0.3, 0.4) is 0 Å². The zero-order valence-electron chi connectivity index (χ0n) is 15.1. The molecular formula is C18H21F3N4OS. The standard InChI is InChI=1S/C18H21F3N4OS/c1-11(12-7-8-12)25(10-18(19,20)21)15(26)9-27-17-23-14-6-4-3-5-13(14)16(22-2)24-17/h3-6,11-12H,7-10H2,1-2H3,(H,22,23,24)/t11-/m1/s1. The van der Waals surface area contributed by atoms with Crippen molar-refractivity contribution in [1.82, 2.24) is 14.9 Å². The van der Waals surface area contributed by atoms with Crippen molar-refractivity contribution >= 4 is 34.4 Å². The van der Waals surface area contributed by atoms with Crippen LogP contribution in [-0.2, 0) is 4.79 Å². The van der Waals surface area contributed by atoms with Crippen LogP contribution in [0.5, 0.6) is 0 Å². The molecule has 0 spiro atoms. The van der Waals surface area contributed by atoms with Crippen molar-refractivity contribution in [3.63, 3.8) is 0 Å². The Morgan fingerprint density at radius 3 is 2.67 bits per heavy atom. The maximum atomic E-state index is 12.9. The molecule has 1 aromatic heterocycles. The first kappa shape index (κ1) is 19.7. The van der Waals surface area contributed by atoms with Gasteiger partial charge in [0.2, 0.25) is 5.91 Å². The zero-order chi connectivity index (χ0) is 19.6. The van der Waals surface area contributed by atoms with Crippen molar-refractivity contribution in [2.24, 2.45) is 5.92 Å². The van der Waals surface area contributed by atoms with E-state index in [9.17, 15) is 18.0 Å². The van der Waals surface area contributed by atoms with Gasteiger partial charge in [-0.1, -0.05) is 23.9 Å². The van der Waals surface area contributed by atoms with Gasteiger partial charge in [0.25, 0.3) is 0 Å². The first-order valence-corrected chi connectivity index (χ1v) is 9.70. The first-order chi connectivity index (χ1) is 12.8. The molecule has 27 heavy (non-hydrogen) atoms. The quantitative estimate of drug-likeness (QED) is 0.565. The van der Waals surface area contributed by atoms with Crippen LogP contribution < -0.4 is 5.32 Å². The number of hydrogen-bond donors (Lipinski definition) is 1. The minimum Gasteiger partial charge on any atom is -0.372 e. The van der Waals surface area contributed by atoms with Gasteiger partial charge in [-0.2, -0.15) is 13.2 Å². The number of aromatic nitrogens is 2. The summed E-state index contributed by atoms with van der Waals surface area (Å²) >= 11 is 1.06. The van der Waals surface area contributed by atoms with E-state index in [4.69, 9.17) is 0 Å². The van der Waals surface area contributed by atoms with Crippen molar-refractivity contribution in [1.29, 1.82) is 0 Å². The molecule has 0 unspecified atom stereocenters. The second-order valence-electron chi connectivity index (χ2n) is 6.63. The molecule has 3 rings (SSSR count). The van der Waals surface area contributed by atoms with Gasteiger partial charge in [0.1, 0.15) is 12.4 Å². The van der Waals surface area contributed by atoms with E-state index < -0.39 is 24.7 Å². The molecular weight excluding hydrogens is 377 g/mol. The van der Waals surface area contributed by atoms with Crippen LogP contribution in [0, 0.1) is 5.92 Å². The average molecular weight is 398 g/mol. The Bertz CT molecular complexity index is 826. The predicted molar refractivity (Wildman–Crippen MR) is 99.8 cm³/mol. The van der Waals surface area contributed by atoms with E-state index >= 15 is 0 Å². The summed E-state index contributed by atoms with van der Waals surface area (Å²) in [5, 5.41) is 4.19. The first-order valence-electron chi connectivity index (χ1n) is 8.72. The van der Waals surface area contributed by atoms with E-state index in [1.54, 1.807) is 14.0 Å². The van der Waals surface area contributed by atoms with Crippen molar-refractivity contribution in [3.05, 3.63) is 24.3 Å². The van der Waals surface area contributed by atoms with E-state index in [1.165, 1.54) is 0 Å². The summed E-state index contributed by atoms with van der Waals surface area (Å²) in [5.41, 5.74) is 0.713. The van der Waals surface area contributed by atoms with E-state index in [0.717, 1.165) is 34.9 Å². The summed E-state index contributed by atoms with van der Waals surface area (Å²) in [5.74, 6) is 0.108. The summed E-state index contributed by atoms with van der Waals surface area (Å²) < 4.78 is 38.7. The molecule has 1 fully saturated rings. The fourth-order valence-electron chi connectivity index (χ4n) is 3.01. The van der Waals surface area contributed by atoms with Crippen molar-refractivity contribution in [2.75, 3.05) is 24.7 Å². The number of nitrogens with one attached hydrogen (secondary N) is 1. The number of fused-ring (bicyclic) bond motifs is 1. The van der Waals surface area contributed by atoms with Crippen molar-refractivity contribution in [3.8, 4) is 0 Å². The molecule has 1 saturated carbocycles. The number of halogens is 3. The van der Waals surface area contributed by atoms with Crippen LogP contribution in [0.15, 0.2) is 29.4 Å². The Morgan fingerprint density at radius 1 is 1.33 bits per heavy atom. The summed E-state index contributed by atoms with van der Waals surface area (Å²) in [4.78, 5) is 22.2. The highest BCUT2D eigenvalue weighted by Gasteiger charge is 2.40. The van der Waals surface area contributed by atoms with Gasteiger partial charge >= 0.3 is 6.18 Å². The predicted octanol–water partition coefficient (Wildman–Crippen LogP) is 3.95. The van der Waals surface area contributed by atoms with Crippen LogP contribution in [-0.4, -0.2) is 52.3 Å². The smallest absolute Gasteiger partial charge is 0.372 e. The van der Waals surface area contributed by atoms with Crippen LogP contribution >= 0.6 is 11.8 Å². The molecule has 2 aromatic rings. The third-order valence-corrected chi connectivity index (χ3v) is 5.44. The number of carbonyl (C=O) groups excluding carboxylic acids is 1. The Balaban J connectivity index is 1.73. The minimum absolute atomic E-state index is 0.130. The number of benzene rings is 1. The summed E-state index contributed by atoms with van der Waals surface area (Å²) in [6.07, 6.45) is -2.67. The van der Waals surface area contributed by atoms with E-state index in [-0.39, 0.29) is 11.7 Å². The molecule has 1 aromatic carbocycles. The number of para-hydroxylation sites is 1. The number of alkyl halides is 3. The number of amides is 1. The molecule has 0 bridgehead atoms. The highest BCUT2D eigenvalue weighted by Crippen LogP contribution is 2.36. The number of rotatable bonds is 7. The van der Waals surface area contributed by atoms with Crippen molar-refractivity contribution < 1.29 is 18.0 Å². The number of nitrogens with zero attached hydrogens (tertiary/aromatic N) is 3. The molecule has 0 saturated heterocycles. The second-order valence-corrected chi connectivity index (χ2v) is 7.57. The van der Waals surface area contributed by atoms with Gasteiger partial charge in [-0.3, -0.25) is 4.79 Å². The lowest BCUT2D eigenvalue weighted by Crippen LogP contribution is -2.46. The lowest BCUT2D eigenvalue weighted by atomic mass is 10.2. The third-order valence-electron chi connectivity index (χ3n) is 4.61. The lowest BCUT2D eigenvalue weighted by Gasteiger charge is -2.30. The molecule has 9 heteroatoms. The number of carbonyl (C=O) groups is 1. The van der Waals surface area contributed by atoms with Crippen LogP contribution in [0.1, 0.15) is 19.8 Å². The Kier molecular flexibility index (Phi) is 5.78. The molecule has 1 amide bonds. The second kappa shape index (κ2) is 7.92. The molecule has 1 N–H and O–H groups in total. The monoisotopic (exact) mass is 398 g/mol. The highest BCUT2D eigenvalue weighted by atomic mass is 32.2. The van der Waals surface area contributed by atoms with Gasteiger partial charge in [0.15, 0.2) is 5.16 Å². The van der Waals surface area contributed by atoms with Gasteiger partial charge < -0.3 is 10.2 Å². The number of hydrogen-bond acceptors (Lipinski definition) is 5. The van der Waals surface area contributed by atoms with Gasteiger partial charge in [0.05, 0.1) is 11.3 Å². The SMILES string of the molecule is CNc1nc(SCC(=O)N(CC(F)(F)F)[C@H](C)C2CC2)nc2ccccc12. The highest BCUT2D eigenvalue weighted by molar-refractivity contribution is 7.99. The van der Waals surface area contributed by atoms with E-state index in [0.29, 0.717) is 16.5 Å². The molecule has 0 radical (unpaired) electrons. The zero-order valence-corrected chi connectivity index (χ0v) is 15.9. The molecule has 1 aliphatic rings. The molecule has 1 heterocycles. The lowest BCUT2D eigenvalue weighted by molar-refractivity contribution is -0.164.